The van der Waals surface area contributed by atoms with Gasteiger partial charge in [-0.3, -0.25) is 9.59 Å². The Hall–Kier alpha value is -1.92. The minimum atomic E-state index is -0.193. The van der Waals surface area contributed by atoms with Crippen LogP contribution in [0.15, 0.2) is 29.6 Å². The second-order valence-electron chi connectivity index (χ2n) is 4.65. The van der Waals surface area contributed by atoms with E-state index in [0.29, 0.717) is 23.7 Å². The van der Waals surface area contributed by atoms with Crippen LogP contribution in [-0.2, 0) is 11.2 Å². The number of rotatable bonds is 6. The SMILES string of the molecule is Cc1nc(CC(=O)NCCNC(=O)c2ccc(Cl)cc2)cs1. The summed E-state index contributed by atoms with van der Waals surface area (Å²) in [5, 5.41) is 8.88. The van der Waals surface area contributed by atoms with Crippen molar-refractivity contribution in [2.24, 2.45) is 0 Å². The standard InChI is InChI=1S/C15H16ClN3O2S/c1-10-19-13(9-22-10)8-14(20)17-6-7-18-15(21)11-2-4-12(16)5-3-11/h2-5,9H,6-8H2,1H3,(H,17,20)(H,18,21). The zero-order valence-corrected chi connectivity index (χ0v) is 13.6. The minimum Gasteiger partial charge on any atom is -0.354 e. The molecule has 0 aliphatic rings. The Balaban J connectivity index is 1.67. The summed E-state index contributed by atoms with van der Waals surface area (Å²) in [6.07, 6.45) is 0.259. The highest BCUT2D eigenvalue weighted by Crippen LogP contribution is 2.09. The molecule has 1 aromatic carbocycles. The van der Waals surface area contributed by atoms with E-state index in [2.05, 4.69) is 15.6 Å². The first-order chi connectivity index (χ1) is 10.5. The van der Waals surface area contributed by atoms with Gasteiger partial charge in [-0.2, -0.15) is 0 Å². The van der Waals surface area contributed by atoms with E-state index in [0.717, 1.165) is 10.7 Å². The largest absolute Gasteiger partial charge is 0.354 e. The topological polar surface area (TPSA) is 71.1 Å². The molecule has 0 atom stereocenters. The van der Waals surface area contributed by atoms with Crippen LogP contribution >= 0.6 is 22.9 Å². The highest BCUT2D eigenvalue weighted by molar-refractivity contribution is 7.09. The maximum absolute atomic E-state index is 11.8. The summed E-state index contributed by atoms with van der Waals surface area (Å²) < 4.78 is 0. The third kappa shape index (κ3) is 5.13. The van der Waals surface area contributed by atoms with Gasteiger partial charge in [-0.25, -0.2) is 4.98 Å². The molecule has 0 bridgehead atoms. The number of hydrogen-bond acceptors (Lipinski definition) is 4. The predicted octanol–water partition coefficient (Wildman–Crippen LogP) is 2.19. The van der Waals surface area contributed by atoms with Gasteiger partial charge in [0.1, 0.15) is 0 Å². The lowest BCUT2D eigenvalue weighted by Crippen LogP contribution is -2.35. The lowest BCUT2D eigenvalue weighted by atomic mass is 10.2. The highest BCUT2D eigenvalue weighted by Gasteiger charge is 2.07. The second-order valence-corrected chi connectivity index (χ2v) is 6.15. The maximum Gasteiger partial charge on any atom is 0.251 e. The number of carbonyl (C=O) groups excluding carboxylic acids is 2. The quantitative estimate of drug-likeness (QED) is 0.794. The van der Waals surface area contributed by atoms with E-state index >= 15 is 0 Å². The smallest absolute Gasteiger partial charge is 0.251 e. The van der Waals surface area contributed by atoms with Crippen molar-refractivity contribution >= 4 is 34.8 Å². The number of nitrogens with one attached hydrogen (secondary N) is 2. The van der Waals surface area contributed by atoms with Crippen molar-refractivity contribution in [3.63, 3.8) is 0 Å². The number of thiazole rings is 1. The number of aromatic nitrogens is 1. The van der Waals surface area contributed by atoms with Crippen molar-refractivity contribution < 1.29 is 9.59 Å². The van der Waals surface area contributed by atoms with Gasteiger partial charge in [0.05, 0.1) is 17.1 Å². The third-order valence-corrected chi connectivity index (χ3v) is 3.92. The predicted molar refractivity (Wildman–Crippen MR) is 87.3 cm³/mol. The molecule has 2 aromatic rings. The first-order valence-corrected chi connectivity index (χ1v) is 8.02. The fourth-order valence-corrected chi connectivity index (χ4v) is 2.54. The molecule has 0 radical (unpaired) electrons. The lowest BCUT2D eigenvalue weighted by Gasteiger charge is -2.06. The Morgan fingerprint density at radius 1 is 1.18 bits per heavy atom. The molecule has 1 heterocycles. The van der Waals surface area contributed by atoms with Crippen molar-refractivity contribution in [3.8, 4) is 0 Å². The van der Waals surface area contributed by atoms with Crippen LogP contribution < -0.4 is 10.6 Å². The van der Waals surface area contributed by atoms with Crippen LogP contribution in [0.2, 0.25) is 5.02 Å². The van der Waals surface area contributed by atoms with Gasteiger partial charge in [0.2, 0.25) is 5.91 Å². The average molecular weight is 338 g/mol. The van der Waals surface area contributed by atoms with Crippen molar-refractivity contribution in [3.05, 3.63) is 50.9 Å². The summed E-state index contributed by atoms with van der Waals surface area (Å²) >= 11 is 7.28. The second kappa shape index (κ2) is 7.91. The Bertz CT molecular complexity index is 655. The van der Waals surface area contributed by atoms with Crippen LogP contribution in [0, 0.1) is 6.92 Å². The lowest BCUT2D eigenvalue weighted by molar-refractivity contribution is -0.120. The number of halogens is 1. The molecule has 2 amide bonds. The fourth-order valence-electron chi connectivity index (χ4n) is 1.80. The molecule has 7 heteroatoms. The van der Waals surface area contributed by atoms with Gasteiger partial charge in [0, 0.05) is 29.1 Å². The monoisotopic (exact) mass is 337 g/mol. The van der Waals surface area contributed by atoms with Crippen molar-refractivity contribution in [1.29, 1.82) is 0 Å². The summed E-state index contributed by atoms with van der Waals surface area (Å²) in [4.78, 5) is 27.7. The van der Waals surface area contributed by atoms with Crippen LogP contribution in [0.3, 0.4) is 0 Å². The molecular formula is C15H16ClN3O2S. The Morgan fingerprint density at radius 2 is 1.86 bits per heavy atom. The summed E-state index contributed by atoms with van der Waals surface area (Å²) in [6, 6.07) is 6.63. The third-order valence-electron chi connectivity index (χ3n) is 2.85. The summed E-state index contributed by atoms with van der Waals surface area (Å²) in [5.74, 6) is -0.299. The number of carbonyl (C=O) groups is 2. The number of hydrogen-bond donors (Lipinski definition) is 2. The van der Waals surface area contributed by atoms with Crippen molar-refractivity contribution in [2.75, 3.05) is 13.1 Å². The summed E-state index contributed by atoms with van der Waals surface area (Å²) in [5.41, 5.74) is 1.30. The normalized spacial score (nSPS) is 10.3. The molecule has 22 heavy (non-hydrogen) atoms. The molecule has 2 N–H and O–H groups in total. The molecule has 0 saturated carbocycles. The van der Waals surface area contributed by atoms with Crippen molar-refractivity contribution in [1.82, 2.24) is 15.6 Å². The Kier molecular flexibility index (Phi) is 5.91. The number of aryl methyl sites for hydroxylation is 1. The molecule has 0 spiro atoms. The van der Waals surface area contributed by atoms with E-state index in [9.17, 15) is 9.59 Å². The van der Waals surface area contributed by atoms with Gasteiger partial charge < -0.3 is 10.6 Å². The molecule has 116 valence electrons. The van der Waals surface area contributed by atoms with Gasteiger partial charge in [-0.05, 0) is 31.2 Å². The zero-order valence-electron chi connectivity index (χ0n) is 12.1. The van der Waals surface area contributed by atoms with E-state index in [1.807, 2.05) is 12.3 Å². The van der Waals surface area contributed by atoms with Gasteiger partial charge in [0.25, 0.3) is 5.91 Å². The average Bonchev–Trinajstić information content (AvgIpc) is 2.89. The van der Waals surface area contributed by atoms with E-state index in [1.54, 1.807) is 24.3 Å². The van der Waals surface area contributed by atoms with Gasteiger partial charge >= 0.3 is 0 Å². The molecule has 0 aliphatic heterocycles. The molecule has 0 fully saturated rings. The zero-order chi connectivity index (χ0) is 15.9. The molecule has 0 aliphatic carbocycles. The summed E-state index contributed by atoms with van der Waals surface area (Å²) in [7, 11) is 0. The Morgan fingerprint density at radius 3 is 2.50 bits per heavy atom. The molecule has 5 nitrogen and oxygen atoms in total. The minimum absolute atomic E-state index is 0.106. The number of nitrogens with zero attached hydrogens (tertiary/aromatic N) is 1. The number of amides is 2. The van der Waals surface area contributed by atoms with Crippen LogP contribution in [0.1, 0.15) is 21.1 Å². The number of benzene rings is 1. The van der Waals surface area contributed by atoms with Gasteiger partial charge in [-0.15, -0.1) is 11.3 Å². The van der Waals surface area contributed by atoms with Crippen LogP contribution in [-0.4, -0.2) is 29.9 Å². The molecule has 2 rings (SSSR count). The molecule has 0 unspecified atom stereocenters. The first kappa shape index (κ1) is 16.5. The van der Waals surface area contributed by atoms with Crippen LogP contribution in [0.5, 0.6) is 0 Å². The van der Waals surface area contributed by atoms with E-state index in [-0.39, 0.29) is 18.2 Å². The van der Waals surface area contributed by atoms with Gasteiger partial charge in [-0.1, -0.05) is 11.6 Å². The van der Waals surface area contributed by atoms with Crippen molar-refractivity contribution in [2.45, 2.75) is 13.3 Å². The molecular weight excluding hydrogens is 322 g/mol. The first-order valence-electron chi connectivity index (χ1n) is 6.76. The van der Waals surface area contributed by atoms with E-state index in [4.69, 9.17) is 11.6 Å². The summed E-state index contributed by atoms with van der Waals surface area (Å²) in [6.45, 7) is 2.64. The fraction of sp³-hybridized carbons (Fsp3) is 0.267. The highest BCUT2D eigenvalue weighted by atomic mass is 35.5. The van der Waals surface area contributed by atoms with Gasteiger partial charge in [0.15, 0.2) is 0 Å². The molecule has 1 aromatic heterocycles. The maximum atomic E-state index is 11.8. The molecule has 0 saturated heterocycles. The Labute approximate surface area is 137 Å². The van der Waals surface area contributed by atoms with Crippen LogP contribution in [0.25, 0.3) is 0 Å². The van der Waals surface area contributed by atoms with E-state index in [1.165, 1.54) is 11.3 Å². The van der Waals surface area contributed by atoms with Crippen LogP contribution in [0.4, 0.5) is 0 Å². The van der Waals surface area contributed by atoms with E-state index < -0.39 is 0 Å².